The van der Waals surface area contributed by atoms with Crippen LogP contribution in [-0.4, -0.2) is 24.8 Å². The molecule has 0 N–H and O–H groups in total. The summed E-state index contributed by atoms with van der Waals surface area (Å²) in [6, 6.07) is 10.2. The van der Waals surface area contributed by atoms with Crippen molar-refractivity contribution < 1.29 is 4.79 Å². The van der Waals surface area contributed by atoms with Crippen LogP contribution in [0.3, 0.4) is 0 Å². The van der Waals surface area contributed by atoms with E-state index in [1.807, 2.05) is 37.2 Å². The van der Waals surface area contributed by atoms with E-state index < -0.39 is 0 Å². The molecule has 0 radical (unpaired) electrons. The van der Waals surface area contributed by atoms with Crippen molar-refractivity contribution in [3.8, 4) is 0 Å². The maximum absolute atomic E-state index is 11.8. The molecule has 0 aromatic heterocycles. The third kappa shape index (κ3) is 2.01. The summed E-state index contributed by atoms with van der Waals surface area (Å²) in [5, 5.41) is 0. The maximum atomic E-state index is 11.8. The van der Waals surface area contributed by atoms with E-state index in [9.17, 15) is 4.79 Å². The molecule has 2 nitrogen and oxygen atoms in total. The molecular weight excluding hydrogens is 198 g/mol. The zero-order valence-corrected chi connectivity index (χ0v) is 9.86. The largest absolute Gasteiger partial charge is 0.377 e. The SMILES string of the molecule is CN(C)C(=C1CCCC1=O)c1ccccc1. The monoisotopic (exact) mass is 215 g/mol. The number of hydrogen-bond acceptors (Lipinski definition) is 2. The molecule has 0 unspecified atom stereocenters. The number of benzene rings is 1. The molecule has 2 heteroatoms. The third-order valence-corrected chi connectivity index (χ3v) is 2.95. The van der Waals surface area contributed by atoms with Gasteiger partial charge in [-0.25, -0.2) is 0 Å². The van der Waals surface area contributed by atoms with E-state index in [0.717, 1.165) is 29.7 Å². The molecule has 0 spiro atoms. The van der Waals surface area contributed by atoms with E-state index in [0.29, 0.717) is 12.2 Å². The predicted octanol–water partition coefficient (Wildman–Crippen LogP) is 2.71. The Morgan fingerprint density at radius 3 is 2.31 bits per heavy atom. The average Bonchev–Trinajstić information content (AvgIpc) is 2.66. The lowest BCUT2D eigenvalue weighted by Crippen LogP contribution is -2.14. The fraction of sp³-hybridized carbons (Fsp3) is 0.357. The number of hydrogen-bond donors (Lipinski definition) is 0. The van der Waals surface area contributed by atoms with Gasteiger partial charge in [-0.05, 0) is 18.4 Å². The highest BCUT2D eigenvalue weighted by Crippen LogP contribution is 2.30. The summed E-state index contributed by atoms with van der Waals surface area (Å²) < 4.78 is 0. The second kappa shape index (κ2) is 4.52. The first-order valence-corrected chi connectivity index (χ1v) is 5.69. The minimum Gasteiger partial charge on any atom is -0.377 e. The lowest BCUT2D eigenvalue weighted by molar-refractivity contribution is -0.114. The highest BCUT2D eigenvalue weighted by molar-refractivity contribution is 6.03. The Morgan fingerprint density at radius 1 is 1.12 bits per heavy atom. The van der Waals surface area contributed by atoms with E-state index in [1.165, 1.54) is 0 Å². The molecule has 0 amide bonds. The number of Topliss-reactive ketones (excluding diaryl/α,β-unsaturated/α-hetero) is 1. The highest BCUT2D eigenvalue weighted by atomic mass is 16.1. The van der Waals surface area contributed by atoms with Crippen LogP contribution in [0.4, 0.5) is 0 Å². The normalized spacial score (nSPS) is 18.8. The second-order valence-corrected chi connectivity index (χ2v) is 4.36. The van der Waals surface area contributed by atoms with Crippen LogP contribution in [0.1, 0.15) is 24.8 Å². The smallest absolute Gasteiger partial charge is 0.160 e. The Bertz CT molecular complexity index is 418. The number of nitrogens with zero attached hydrogens (tertiary/aromatic N) is 1. The third-order valence-electron chi connectivity index (χ3n) is 2.95. The van der Waals surface area contributed by atoms with Gasteiger partial charge >= 0.3 is 0 Å². The number of rotatable bonds is 2. The first-order valence-electron chi connectivity index (χ1n) is 5.69. The summed E-state index contributed by atoms with van der Waals surface area (Å²) in [6.45, 7) is 0. The number of allylic oxidation sites excluding steroid dienone is 1. The number of carbonyl (C=O) groups excluding carboxylic acids is 1. The minimum absolute atomic E-state index is 0.313. The Morgan fingerprint density at radius 2 is 1.81 bits per heavy atom. The van der Waals surface area contributed by atoms with Gasteiger partial charge in [-0.15, -0.1) is 0 Å². The van der Waals surface area contributed by atoms with Crippen molar-refractivity contribution in [1.29, 1.82) is 0 Å². The molecule has 0 bridgehead atoms. The van der Waals surface area contributed by atoms with Crippen LogP contribution >= 0.6 is 0 Å². The van der Waals surface area contributed by atoms with Crippen LogP contribution in [0.25, 0.3) is 5.70 Å². The Balaban J connectivity index is 2.50. The van der Waals surface area contributed by atoms with Gasteiger partial charge in [-0.1, -0.05) is 30.3 Å². The number of ketones is 1. The molecule has 0 aliphatic heterocycles. The van der Waals surface area contributed by atoms with Gasteiger partial charge in [-0.3, -0.25) is 4.79 Å². The zero-order chi connectivity index (χ0) is 11.5. The summed E-state index contributed by atoms with van der Waals surface area (Å²) in [6.07, 6.45) is 2.62. The molecule has 1 aliphatic rings. The molecule has 2 rings (SSSR count). The molecular formula is C14H17NO. The lowest BCUT2D eigenvalue weighted by Gasteiger charge is -2.20. The molecule has 0 saturated heterocycles. The number of carbonyl (C=O) groups is 1. The second-order valence-electron chi connectivity index (χ2n) is 4.36. The summed E-state index contributed by atoms with van der Waals surface area (Å²) in [7, 11) is 4.00. The van der Waals surface area contributed by atoms with Gasteiger partial charge in [0.2, 0.25) is 0 Å². The van der Waals surface area contributed by atoms with Crippen molar-refractivity contribution in [1.82, 2.24) is 4.90 Å². The van der Waals surface area contributed by atoms with Crippen LogP contribution in [-0.2, 0) is 4.79 Å². The molecule has 1 fully saturated rings. The quantitative estimate of drug-likeness (QED) is 0.707. The van der Waals surface area contributed by atoms with Gasteiger partial charge in [0, 0.05) is 26.1 Å². The lowest BCUT2D eigenvalue weighted by atomic mass is 10.0. The van der Waals surface area contributed by atoms with Crippen molar-refractivity contribution in [3.05, 3.63) is 41.5 Å². The standard InChI is InChI=1S/C14H17NO/c1-15(2)14(11-7-4-3-5-8-11)12-9-6-10-13(12)16/h3-5,7-8H,6,9-10H2,1-2H3. The summed E-state index contributed by atoms with van der Waals surface area (Å²) in [5.41, 5.74) is 3.22. The minimum atomic E-state index is 0.313. The van der Waals surface area contributed by atoms with Crippen molar-refractivity contribution in [2.45, 2.75) is 19.3 Å². The predicted molar refractivity (Wildman–Crippen MR) is 65.9 cm³/mol. The topological polar surface area (TPSA) is 20.3 Å². The Kier molecular flexibility index (Phi) is 3.09. The first kappa shape index (κ1) is 10.9. The Hall–Kier alpha value is -1.57. The fourth-order valence-corrected chi connectivity index (χ4v) is 2.26. The van der Waals surface area contributed by atoms with Crippen molar-refractivity contribution >= 4 is 11.5 Å². The van der Waals surface area contributed by atoms with Gasteiger partial charge in [-0.2, -0.15) is 0 Å². The van der Waals surface area contributed by atoms with Gasteiger partial charge in [0.1, 0.15) is 0 Å². The van der Waals surface area contributed by atoms with Crippen molar-refractivity contribution in [2.24, 2.45) is 0 Å². The van der Waals surface area contributed by atoms with E-state index in [4.69, 9.17) is 0 Å². The first-order chi connectivity index (χ1) is 7.70. The van der Waals surface area contributed by atoms with Crippen molar-refractivity contribution in [3.63, 3.8) is 0 Å². The molecule has 16 heavy (non-hydrogen) atoms. The van der Waals surface area contributed by atoms with Crippen LogP contribution < -0.4 is 0 Å². The van der Waals surface area contributed by atoms with Crippen LogP contribution in [0, 0.1) is 0 Å². The van der Waals surface area contributed by atoms with E-state index >= 15 is 0 Å². The van der Waals surface area contributed by atoms with Gasteiger partial charge in [0.25, 0.3) is 0 Å². The van der Waals surface area contributed by atoms with E-state index in [1.54, 1.807) is 0 Å². The van der Waals surface area contributed by atoms with Gasteiger partial charge < -0.3 is 4.90 Å². The van der Waals surface area contributed by atoms with Gasteiger partial charge in [0.15, 0.2) is 5.78 Å². The van der Waals surface area contributed by atoms with Gasteiger partial charge in [0.05, 0.1) is 5.70 Å². The van der Waals surface area contributed by atoms with Crippen LogP contribution in [0.5, 0.6) is 0 Å². The van der Waals surface area contributed by atoms with E-state index in [-0.39, 0.29) is 0 Å². The summed E-state index contributed by atoms with van der Waals surface area (Å²) in [5.74, 6) is 0.313. The fourth-order valence-electron chi connectivity index (χ4n) is 2.26. The zero-order valence-electron chi connectivity index (χ0n) is 9.86. The summed E-state index contributed by atoms with van der Waals surface area (Å²) >= 11 is 0. The molecule has 1 aliphatic carbocycles. The maximum Gasteiger partial charge on any atom is 0.160 e. The highest BCUT2D eigenvalue weighted by Gasteiger charge is 2.22. The molecule has 84 valence electrons. The Labute approximate surface area is 96.6 Å². The van der Waals surface area contributed by atoms with Crippen LogP contribution in [0.2, 0.25) is 0 Å². The van der Waals surface area contributed by atoms with Crippen LogP contribution in [0.15, 0.2) is 35.9 Å². The molecule has 1 aromatic rings. The average molecular weight is 215 g/mol. The van der Waals surface area contributed by atoms with Crippen molar-refractivity contribution in [2.75, 3.05) is 14.1 Å². The molecule has 1 aromatic carbocycles. The molecule has 0 heterocycles. The van der Waals surface area contributed by atoms with E-state index in [2.05, 4.69) is 12.1 Å². The summed E-state index contributed by atoms with van der Waals surface area (Å²) in [4.78, 5) is 13.9. The molecule has 0 atom stereocenters. The molecule has 1 saturated carbocycles.